The van der Waals surface area contributed by atoms with E-state index in [0.717, 1.165) is 24.0 Å². The summed E-state index contributed by atoms with van der Waals surface area (Å²) in [6, 6.07) is 10.9. The Morgan fingerprint density at radius 3 is 2.22 bits per heavy atom. The fraction of sp³-hybridized carbons (Fsp3) is 0.364. The Morgan fingerprint density at radius 1 is 0.926 bits per heavy atom. The first-order valence-corrected chi connectivity index (χ1v) is 9.13. The smallest absolute Gasteiger partial charge is 0.200 e. The number of hydrogen-bond acceptors (Lipinski definition) is 1. The second-order valence-corrected chi connectivity index (χ2v) is 6.28. The fourth-order valence-corrected chi connectivity index (χ4v) is 2.80. The van der Waals surface area contributed by atoms with Crippen molar-refractivity contribution in [2.24, 2.45) is 0 Å². The van der Waals surface area contributed by atoms with Gasteiger partial charge < -0.3 is 4.74 Å². The molecule has 5 heteroatoms. The van der Waals surface area contributed by atoms with E-state index >= 15 is 0 Å². The monoisotopic (exact) mass is 380 g/mol. The van der Waals surface area contributed by atoms with E-state index in [0.29, 0.717) is 24.8 Å². The number of halogens is 4. The Kier molecular flexibility index (Phi) is 8.37. The first kappa shape index (κ1) is 21.0. The van der Waals surface area contributed by atoms with Crippen LogP contribution in [0.2, 0.25) is 0 Å². The third-order valence-electron chi connectivity index (χ3n) is 4.30. The summed E-state index contributed by atoms with van der Waals surface area (Å²) in [5, 5.41) is 0. The van der Waals surface area contributed by atoms with Gasteiger partial charge in [-0.15, -0.1) is 0 Å². The molecule has 2 aromatic rings. The molecule has 0 aliphatic heterocycles. The number of rotatable bonds is 10. The second kappa shape index (κ2) is 10.8. The van der Waals surface area contributed by atoms with Gasteiger partial charge in [-0.05, 0) is 61.8 Å². The molecule has 0 spiro atoms. The normalized spacial score (nSPS) is 11.7. The van der Waals surface area contributed by atoms with E-state index in [4.69, 9.17) is 4.74 Å². The average molecular weight is 380 g/mol. The average Bonchev–Trinajstić information content (AvgIpc) is 2.69. The van der Waals surface area contributed by atoms with E-state index in [-0.39, 0.29) is 12.4 Å². The quantitative estimate of drug-likeness (QED) is 0.347. The highest BCUT2D eigenvalue weighted by Gasteiger charge is 2.14. The molecule has 2 rings (SSSR count). The van der Waals surface area contributed by atoms with Crippen LogP contribution in [0.15, 0.2) is 48.3 Å². The summed E-state index contributed by atoms with van der Waals surface area (Å²) in [7, 11) is 0. The van der Waals surface area contributed by atoms with Crippen molar-refractivity contribution in [2.75, 3.05) is 13.3 Å². The molecule has 0 bridgehead atoms. The minimum Gasteiger partial charge on any atom is -0.491 e. The highest BCUT2D eigenvalue weighted by molar-refractivity contribution is 5.32. The highest BCUT2D eigenvalue weighted by atomic mass is 19.2. The molecule has 0 atom stereocenters. The highest BCUT2D eigenvalue weighted by Crippen LogP contribution is 2.24. The molecule has 0 saturated carbocycles. The Hall–Kier alpha value is -2.30. The van der Waals surface area contributed by atoms with Crippen molar-refractivity contribution >= 4 is 0 Å². The summed E-state index contributed by atoms with van der Waals surface area (Å²) in [5.74, 6) is -2.58. The van der Waals surface area contributed by atoms with Crippen LogP contribution < -0.4 is 4.74 Å². The molecule has 0 aliphatic rings. The number of hydrogen-bond donors (Lipinski definition) is 0. The van der Waals surface area contributed by atoms with Crippen molar-refractivity contribution < 1.29 is 22.3 Å². The molecule has 27 heavy (non-hydrogen) atoms. The van der Waals surface area contributed by atoms with E-state index in [1.165, 1.54) is 12.1 Å². The van der Waals surface area contributed by atoms with Crippen LogP contribution in [0.1, 0.15) is 36.5 Å². The van der Waals surface area contributed by atoms with Crippen LogP contribution >= 0.6 is 0 Å². The van der Waals surface area contributed by atoms with E-state index in [9.17, 15) is 17.6 Å². The van der Waals surface area contributed by atoms with Gasteiger partial charge in [0.05, 0.1) is 6.61 Å². The van der Waals surface area contributed by atoms with Crippen molar-refractivity contribution in [1.82, 2.24) is 0 Å². The zero-order valence-corrected chi connectivity index (χ0v) is 15.4. The number of ether oxygens (including phenoxy) is 1. The van der Waals surface area contributed by atoms with E-state index in [2.05, 4.69) is 0 Å². The summed E-state index contributed by atoms with van der Waals surface area (Å²) in [6.07, 6.45) is 4.27. The van der Waals surface area contributed by atoms with Gasteiger partial charge >= 0.3 is 0 Å². The van der Waals surface area contributed by atoms with Gasteiger partial charge in [-0.3, -0.25) is 0 Å². The number of unbranched alkanes of at least 4 members (excludes halogenated alkanes) is 1. The minimum absolute atomic E-state index is 0.0654. The first-order valence-electron chi connectivity index (χ1n) is 9.13. The second-order valence-electron chi connectivity index (χ2n) is 6.28. The Morgan fingerprint density at radius 2 is 1.59 bits per heavy atom. The van der Waals surface area contributed by atoms with Crippen LogP contribution in [0.3, 0.4) is 0 Å². The van der Waals surface area contributed by atoms with Crippen LogP contribution in [0, 0.1) is 11.6 Å². The summed E-state index contributed by atoms with van der Waals surface area (Å²) in [6.45, 7) is 0.949. The van der Waals surface area contributed by atoms with Gasteiger partial charge in [-0.25, -0.2) is 13.2 Å². The SMILES string of the molecule is CCOc1ccc(CCc2ccc(CCC/C=C(\F)CF)cc2)c(F)c1F. The lowest BCUT2D eigenvalue weighted by molar-refractivity contribution is 0.313. The van der Waals surface area contributed by atoms with E-state index in [1.54, 1.807) is 13.0 Å². The Labute approximate surface area is 157 Å². The molecule has 146 valence electrons. The first-order chi connectivity index (χ1) is 13.0. The Bertz CT molecular complexity index is 754. The van der Waals surface area contributed by atoms with Gasteiger partial charge in [-0.2, -0.15) is 4.39 Å². The molecule has 0 unspecified atom stereocenters. The summed E-state index contributed by atoms with van der Waals surface area (Å²) >= 11 is 0. The summed E-state index contributed by atoms with van der Waals surface area (Å²) in [4.78, 5) is 0. The standard InChI is InChI=1S/C22H24F4O/c1-2-27-20-14-13-18(21(25)22(20)26)12-11-17-9-7-16(8-10-17)5-3-4-6-19(24)15-23/h6-10,13-14H,2-5,11-12,15H2,1H3/b19-6-. The van der Waals surface area contributed by atoms with E-state index in [1.807, 2.05) is 24.3 Å². The van der Waals surface area contributed by atoms with Crippen molar-refractivity contribution in [3.05, 3.63) is 76.6 Å². The van der Waals surface area contributed by atoms with Crippen molar-refractivity contribution in [3.63, 3.8) is 0 Å². The maximum absolute atomic E-state index is 14.1. The predicted molar refractivity (Wildman–Crippen MR) is 99.5 cm³/mol. The van der Waals surface area contributed by atoms with Crippen LogP contribution in [0.25, 0.3) is 0 Å². The molecular formula is C22H24F4O. The topological polar surface area (TPSA) is 9.23 Å². The molecule has 1 nitrogen and oxygen atoms in total. The van der Waals surface area contributed by atoms with Crippen molar-refractivity contribution in [3.8, 4) is 5.75 Å². The third-order valence-corrected chi connectivity index (χ3v) is 4.30. The maximum Gasteiger partial charge on any atom is 0.200 e. The summed E-state index contributed by atoms with van der Waals surface area (Å²) < 4.78 is 57.7. The lowest BCUT2D eigenvalue weighted by Gasteiger charge is -2.09. The molecule has 0 aromatic heterocycles. The van der Waals surface area contributed by atoms with E-state index < -0.39 is 24.1 Å². The molecular weight excluding hydrogens is 356 g/mol. The Balaban J connectivity index is 1.87. The molecule has 0 radical (unpaired) electrons. The van der Waals surface area contributed by atoms with Gasteiger partial charge in [0.25, 0.3) is 0 Å². The van der Waals surface area contributed by atoms with Crippen LogP contribution in [-0.2, 0) is 19.3 Å². The number of allylic oxidation sites excluding steroid dienone is 2. The summed E-state index contributed by atoms with van der Waals surface area (Å²) in [5.41, 5.74) is 2.45. The van der Waals surface area contributed by atoms with Gasteiger partial charge in [-0.1, -0.05) is 36.4 Å². The minimum atomic E-state index is -1.05. The van der Waals surface area contributed by atoms with Crippen LogP contribution in [0.4, 0.5) is 17.6 Å². The van der Waals surface area contributed by atoms with Gasteiger partial charge in [0, 0.05) is 0 Å². The van der Waals surface area contributed by atoms with Crippen LogP contribution in [-0.4, -0.2) is 13.3 Å². The molecule has 0 amide bonds. The molecule has 2 aromatic carbocycles. The van der Waals surface area contributed by atoms with Crippen molar-refractivity contribution in [1.29, 1.82) is 0 Å². The molecule has 0 fully saturated rings. The lowest BCUT2D eigenvalue weighted by atomic mass is 10.0. The van der Waals surface area contributed by atoms with Crippen molar-refractivity contribution in [2.45, 2.75) is 39.0 Å². The largest absolute Gasteiger partial charge is 0.491 e. The van der Waals surface area contributed by atoms with Crippen LogP contribution in [0.5, 0.6) is 5.75 Å². The molecule has 0 saturated heterocycles. The molecule has 0 N–H and O–H groups in total. The number of benzene rings is 2. The lowest BCUT2D eigenvalue weighted by Crippen LogP contribution is -2.02. The molecule has 0 aliphatic carbocycles. The van der Waals surface area contributed by atoms with Gasteiger partial charge in [0.2, 0.25) is 5.82 Å². The zero-order chi connectivity index (χ0) is 19.6. The van der Waals surface area contributed by atoms with Gasteiger partial charge in [0.1, 0.15) is 12.5 Å². The number of aryl methyl sites for hydroxylation is 3. The number of alkyl halides is 1. The molecule has 0 heterocycles. The third kappa shape index (κ3) is 6.42. The predicted octanol–water partition coefficient (Wildman–Crippen LogP) is 6.29. The van der Waals surface area contributed by atoms with Gasteiger partial charge in [0.15, 0.2) is 11.6 Å². The maximum atomic E-state index is 14.1. The zero-order valence-electron chi connectivity index (χ0n) is 15.4. The fourth-order valence-electron chi connectivity index (χ4n) is 2.80.